The molecule has 1 aliphatic rings. The smallest absolute Gasteiger partial charge is 0.155 e. The molecule has 0 amide bonds. The molecule has 1 aromatic carbocycles. The molecule has 0 aromatic heterocycles. The number of sulfone groups is 1. The van der Waals surface area contributed by atoms with E-state index in [0.29, 0.717) is 27.9 Å². The van der Waals surface area contributed by atoms with Crippen molar-refractivity contribution < 1.29 is 12.8 Å². The van der Waals surface area contributed by atoms with Crippen LogP contribution in [0.15, 0.2) is 16.6 Å². The number of hydrogen-bond donors (Lipinski definition) is 1. The Kier molecular flexibility index (Phi) is 5.10. The van der Waals surface area contributed by atoms with Crippen molar-refractivity contribution >= 4 is 37.4 Å². The van der Waals surface area contributed by atoms with Crippen LogP contribution in [0.4, 0.5) is 4.39 Å². The van der Waals surface area contributed by atoms with Crippen molar-refractivity contribution in [2.45, 2.75) is 30.6 Å². The van der Waals surface area contributed by atoms with Crippen molar-refractivity contribution in [3.8, 4) is 0 Å². The Balaban J connectivity index is 2.45. The zero-order chi connectivity index (χ0) is 14.9. The Morgan fingerprint density at radius 3 is 2.75 bits per heavy atom. The van der Waals surface area contributed by atoms with E-state index in [0.717, 1.165) is 6.42 Å². The van der Waals surface area contributed by atoms with Gasteiger partial charge in [-0.2, -0.15) is 0 Å². The average molecular weight is 385 g/mol. The summed E-state index contributed by atoms with van der Waals surface area (Å²) in [5.74, 6) is -0.289. The molecule has 1 saturated heterocycles. The third kappa shape index (κ3) is 3.18. The third-order valence-electron chi connectivity index (χ3n) is 3.69. The van der Waals surface area contributed by atoms with E-state index in [1.54, 1.807) is 7.05 Å². The number of hydrogen-bond acceptors (Lipinski definition) is 3. The lowest BCUT2D eigenvalue weighted by Crippen LogP contribution is -2.39. The number of rotatable bonds is 3. The van der Waals surface area contributed by atoms with Crippen molar-refractivity contribution in [2.75, 3.05) is 12.8 Å². The largest absolute Gasteiger partial charge is 0.312 e. The summed E-state index contributed by atoms with van der Waals surface area (Å²) in [5, 5.41) is 2.70. The fourth-order valence-corrected chi connectivity index (χ4v) is 5.29. The first-order valence-corrected chi connectivity index (χ1v) is 9.28. The highest BCUT2D eigenvalue weighted by Gasteiger charge is 2.36. The van der Waals surface area contributed by atoms with Crippen LogP contribution in [0.3, 0.4) is 0 Å². The summed E-state index contributed by atoms with van der Waals surface area (Å²) in [5.41, 5.74) is 0.302. The molecule has 1 N–H and O–H groups in total. The lowest BCUT2D eigenvalue weighted by atomic mass is 9.99. The predicted octanol–water partition coefficient (Wildman–Crippen LogP) is 3.47. The maximum Gasteiger partial charge on any atom is 0.155 e. The summed E-state index contributed by atoms with van der Waals surface area (Å²) >= 11 is 9.17. The van der Waals surface area contributed by atoms with E-state index in [1.807, 2.05) is 0 Å². The molecule has 2 atom stereocenters. The molecular formula is C13H16BrClFNO2S. The molecule has 0 spiro atoms. The quantitative estimate of drug-likeness (QED) is 0.812. The van der Waals surface area contributed by atoms with Gasteiger partial charge in [0.15, 0.2) is 9.84 Å². The minimum Gasteiger partial charge on any atom is -0.312 e. The topological polar surface area (TPSA) is 46.2 Å². The summed E-state index contributed by atoms with van der Waals surface area (Å²) in [6.45, 7) is 0. The van der Waals surface area contributed by atoms with Crippen LogP contribution in [0.25, 0.3) is 0 Å². The van der Waals surface area contributed by atoms with Gasteiger partial charge in [0.05, 0.1) is 22.1 Å². The second-order valence-electron chi connectivity index (χ2n) is 4.96. The molecule has 1 aromatic rings. The van der Waals surface area contributed by atoms with E-state index in [1.165, 1.54) is 12.1 Å². The lowest BCUT2D eigenvalue weighted by Gasteiger charge is -2.30. The number of nitrogens with one attached hydrogen (secondary N) is 1. The third-order valence-corrected chi connectivity index (χ3v) is 7.17. The molecule has 2 unspecified atom stereocenters. The van der Waals surface area contributed by atoms with Gasteiger partial charge in [-0.1, -0.05) is 18.0 Å². The zero-order valence-corrected chi connectivity index (χ0v) is 14.2. The van der Waals surface area contributed by atoms with E-state index >= 15 is 0 Å². The van der Waals surface area contributed by atoms with Crippen molar-refractivity contribution in [1.29, 1.82) is 0 Å². The molecule has 0 radical (unpaired) electrons. The molecule has 20 heavy (non-hydrogen) atoms. The van der Waals surface area contributed by atoms with Gasteiger partial charge in [-0.25, -0.2) is 12.8 Å². The molecule has 0 bridgehead atoms. The molecule has 1 aliphatic heterocycles. The highest BCUT2D eigenvalue weighted by Crippen LogP contribution is 2.35. The van der Waals surface area contributed by atoms with Crippen LogP contribution in [-0.2, 0) is 9.84 Å². The van der Waals surface area contributed by atoms with Crippen LogP contribution < -0.4 is 5.32 Å². The Labute approximate surface area is 131 Å². The van der Waals surface area contributed by atoms with Crippen molar-refractivity contribution in [1.82, 2.24) is 5.32 Å². The summed E-state index contributed by atoms with van der Waals surface area (Å²) in [4.78, 5) is 0. The maximum atomic E-state index is 14.2. The van der Waals surface area contributed by atoms with Gasteiger partial charge in [0.25, 0.3) is 0 Å². The lowest BCUT2D eigenvalue weighted by molar-refractivity contribution is 0.455. The monoisotopic (exact) mass is 383 g/mol. The highest BCUT2D eigenvalue weighted by molar-refractivity contribution is 9.10. The maximum absolute atomic E-state index is 14.2. The minimum absolute atomic E-state index is 0.168. The summed E-state index contributed by atoms with van der Waals surface area (Å²) < 4.78 is 39.0. The Hall–Kier alpha value is -0.170. The average Bonchev–Trinajstić information content (AvgIpc) is 2.37. The first kappa shape index (κ1) is 16.2. The second kappa shape index (κ2) is 6.30. The number of benzene rings is 1. The standard InChI is InChI=1S/C13H16BrClFNO2S/c1-17-13(12-4-2-3-5-20(12,18)19)8-6-10(15)9(14)7-11(8)16/h6-7,12-13,17H,2-5H2,1H3. The Morgan fingerprint density at radius 1 is 1.45 bits per heavy atom. The van der Waals surface area contributed by atoms with Gasteiger partial charge in [-0.05, 0) is 48.0 Å². The number of halogens is 3. The Morgan fingerprint density at radius 2 is 2.15 bits per heavy atom. The van der Waals surface area contributed by atoms with Crippen LogP contribution in [0.2, 0.25) is 5.02 Å². The van der Waals surface area contributed by atoms with Crippen LogP contribution in [0, 0.1) is 5.82 Å². The van der Waals surface area contributed by atoms with Crippen LogP contribution in [0.5, 0.6) is 0 Å². The highest BCUT2D eigenvalue weighted by atomic mass is 79.9. The molecule has 3 nitrogen and oxygen atoms in total. The van der Waals surface area contributed by atoms with Gasteiger partial charge < -0.3 is 5.32 Å². The molecule has 7 heteroatoms. The fraction of sp³-hybridized carbons (Fsp3) is 0.538. The summed E-state index contributed by atoms with van der Waals surface area (Å²) in [6, 6.07) is 2.19. The normalized spacial score (nSPS) is 23.5. The molecule has 112 valence electrons. The minimum atomic E-state index is -3.21. The SMILES string of the molecule is CNC(c1cc(Cl)c(Br)cc1F)C1CCCCS1(=O)=O. The van der Waals surface area contributed by atoms with E-state index in [4.69, 9.17) is 11.6 Å². The second-order valence-corrected chi connectivity index (χ2v) is 8.56. The van der Waals surface area contributed by atoms with Gasteiger partial charge in [-0.15, -0.1) is 0 Å². The van der Waals surface area contributed by atoms with Gasteiger partial charge in [0.1, 0.15) is 5.82 Å². The van der Waals surface area contributed by atoms with Crippen LogP contribution in [0.1, 0.15) is 30.9 Å². The molecule has 0 aliphatic carbocycles. The molecular weight excluding hydrogens is 369 g/mol. The predicted molar refractivity (Wildman–Crippen MR) is 82.3 cm³/mol. The first-order valence-electron chi connectivity index (χ1n) is 6.40. The Bertz CT molecular complexity index is 609. The molecule has 1 heterocycles. The first-order chi connectivity index (χ1) is 9.36. The molecule has 0 saturated carbocycles. The molecule has 1 fully saturated rings. The van der Waals surface area contributed by atoms with Crippen LogP contribution in [-0.4, -0.2) is 26.5 Å². The van der Waals surface area contributed by atoms with Gasteiger partial charge in [0.2, 0.25) is 0 Å². The summed E-state index contributed by atoms with van der Waals surface area (Å²) in [7, 11) is -1.56. The van der Waals surface area contributed by atoms with Gasteiger partial charge >= 0.3 is 0 Å². The van der Waals surface area contributed by atoms with E-state index < -0.39 is 26.9 Å². The van der Waals surface area contributed by atoms with Gasteiger partial charge in [0, 0.05) is 10.0 Å². The van der Waals surface area contributed by atoms with Gasteiger partial charge in [-0.3, -0.25) is 0 Å². The van der Waals surface area contributed by atoms with Crippen molar-refractivity contribution in [3.63, 3.8) is 0 Å². The van der Waals surface area contributed by atoms with Crippen molar-refractivity contribution in [3.05, 3.63) is 33.0 Å². The zero-order valence-electron chi connectivity index (χ0n) is 11.0. The van der Waals surface area contributed by atoms with E-state index in [9.17, 15) is 12.8 Å². The van der Waals surface area contributed by atoms with Crippen LogP contribution >= 0.6 is 27.5 Å². The fourth-order valence-electron chi connectivity index (χ4n) is 2.67. The summed E-state index contributed by atoms with van der Waals surface area (Å²) in [6.07, 6.45) is 2.06. The molecule has 2 rings (SSSR count). The van der Waals surface area contributed by atoms with E-state index in [2.05, 4.69) is 21.2 Å². The van der Waals surface area contributed by atoms with Crippen molar-refractivity contribution in [2.24, 2.45) is 0 Å². The van der Waals surface area contributed by atoms with E-state index in [-0.39, 0.29) is 5.75 Å².